The maximum atomic E-state index is 13.0. The number of nitriles is 1. The number of hydrogen-bond donors (Lipinski definition) is 1. The lowest BCUT2D eigenvalue weighted by atomic mass is 10.1. The number of halogens is 1. The molecule has 1 fully saturated rings. The summed E-state index contributed by atoms with van der Waals surface area (Å²) in [5.41, 5.74) is 2.65. The van der Waals surface area contributed by atoms with Crippen molar-refractivity contribution in [3.8, 4) is 11.8 Å². The lowest BCUT2D eigenvalue weighted by molar-refractivity contribution is 0.304. The van der Waals surface area contributed by atoms with Crippen LogP contribution in [0.25, 0.3) is 11.0 Å². The Labute approximate surface area is 175 Å². The molecule has 7 heteroatoms. The lowest BCUT2D eigenvalue weighted by Crippen LogP contribution is -2.21. The second kappa shape index (κ2) is 8.95. The molecule has 30 heavy (non-hydrogen) atoms. The minimum Gasteiger partial charge on any atom is -0.494 e. The number of fused-ring (bicyclic) bond motifs is 1. The van der Waals surface area contributed by atoms with Crippen molar-refractivity contribution in [2.24, 2.45) is 0 Å². The molecule has 1 N–H and O–H groups in total. The predicted octanol–water partition coefficient (Wildman–Crippen LogP) is 4.51. The van der Waals surface area contributed by atoms with Crippen molar-refractivity contribution in [1.82, 2.24) is 9.97 Å². The zero-order valence-corrected chi connectivity index (χ0v) is 16.9. The van der Waals surface area contributed by atoms with Crippen LogP contribution in [-0.2, 0) is 0 Å². The van der Waals surface area contributed by atoms with Crippen molar-refractivity contribution in [2.75, 3.05) is 29.9 Å². The van der Waals surface area contributed by atoms with E-state index in [4.69, 9.17) is 9.72 Å². The fourth-order valence-electron chi connectivity index (χ4n) is 3.61. The quantitative estimate of drug-likeness (QED) is 0.623. The molecule has 0 radical (unpaired) electrons. The third-order valence-electron chi connectivity index (χ3n) is 5.27. The predicted molar refractivity (Wildman–Crippen MR) is 115 cm³/mol. The van der Waals surface area contributed by atoms with Gasteiger partial charge in [0.25, 0.3) is 0 Å². The topological polar surface area (TPSA) is 74.1 Å². The number of aromatic nitrogens is 2. The zero-order chi connectivity index (χ0) is 20.9. The summed E-state index contributed by atoms with van der Waals surface area (Å²) in [6.07, 6.45) is 4.64. The Hall–Kier alpha value is -3.40. The molecule has 1 saturated heterocycles. The van der Waals surface area contributed by atoms with E-state index in [1.54, 1.807) is 18.3 Å². The summed E-state index contributed by atoms with van der Waals surface area (Å²) in [6.45, 7) is 4.51. The fourth-order valence-corrected chi connectivity index (χ4v) is 3.61. The Bertz CT molecular complexity index is 1060. The number of anilines is 2. The van der Waals surface area contributed by atoms with E-state index in [-0.39, 0.29) is 11.9 Å². The molecule has 0 saturated carbocycles. The molecule has 0 unspecified atom stereocenters. The number of rotatable bonds is 7. The number of hydrogen-bond acceptors (Lipinski definition) is 6. The van der Waals surface area contributed by atoms with Gasteiger partial charge in [0.05, 0.1) is 23.4 Å². The summed E-state index contributed by atoms with van der Waals surface area (Å²) >= 11 is 0. The average molecular weight is 405 g/mol. The van der Waals surface area contributed by atoms with Gasteiger partial charge < -0.3 is 15.0 Å². The third kappa shape index (κ3) is 4.43. The summed E-state index contributed by atoms with van der Waals surface area (Å²) in [6, 6.07) is 12.2. The number of pyridine rings is 2. The first-order valence-electron chi connectivity index (χ1n) is 10.2. The van der Waals surface area contributed by atoms with Crippen molar-refractivity contribution in [2.45, 2.75) is 32.2 Å². The highest BCUT2D eigenvalue weighted by atomic mass is 19.1. The Kier molecular flexibility index (Phi) is 5.94. The standard InChI is InChI=1S/C23H24FN5O/c1-16(10-13-30-19-6-4-18(24)5-7-19)27-22-17(14-25)15-26-20-8-9-21(28-23(20)22)29-11-2-3-12-29/h4-9,15-16H,2-3,10-13H2,1H3,(H,26,27)/t16-/m0/s1. The van der Waals surface area contributed by atoms with E-state index in [2.05, 4.69) is 21.3 Å². The van der Waals surface area contributed by atoms with Gasteiger partial charge in [0.15, 0.2) is 0 Å². The van der Waals surface area contributed by atoms with Crippen molar-refractivity contribution >= 4 is 22.5 Å². The van der Waals surface area contributed by atoms with Gasteiger partial charge in [-0.1, -0.05) is 0 Å². The fraction of sp³-hybridized carbons (Fsp3) is 0.348. The smallest absolute Gasteiger partial charge is 0.129 e. The maximum absolute atomic E-state index is 13.0. The molecule has 1 aliphatic heterocycles. The van der Waals surface area contributed by atoms with Crippen LogP contribution in [0.2, 0.25) is 0 Å². The molecule has 2 aromatic heterocycles. The van der Waals surface area contributed by atoms with Crippen molar-refractivity contribution in [3.05, 3.63) is 54.0 Å². The van der Waals surface area contributed by atoms with Crippen molar-refractivity contribution in [3.63, 3.8) is 0 Å². The molecule has 1 aromatic carbocycles. The number of benzene rings is 1. The van der Waals surface area contributed by atoms with Gasteiger partial charge in [-0.2, -0.15) is 5.26 Å². The first-order chi connectivity index (χ1) is 14.6. The second-order valence-corrected chi connectivity index (χ2v) is 7.53. The van der Waals surface area contributed by atoms with Crippen LogP contribution in [0.4, 0.5) is 15.9 Å². The summed E-state index contributed by atoms with van der Waals surface area (Å²) in [5, 5.41) is 13.0. The lowest BCUT2D eigenvalue weighted by Gasteiger charge is -2.20. The van der Waals surface area contributed by atoms with Crippen LogP contribution in [-0.4, -0.2) is 35.7 Å². The van der Waals surface area contributed by atoms with Crippen LogP contribution in [0.1, 0.15) is 31.7 Å². The molecule has 6 nitrogen and oxygen atoms in total. The SMILES string of the molecule is C[C@@H](CCOc1ccc(F)cc1)Nc1c(C#N)cnc2ccc(N3CCCC3)nc12. The normalized spacial score (nSPS) is 14.5. The van der Waals surface area contributed by atoms with Gasteiger partial charge in [-0.3, -0.25) is 4.98 Å². The molecule has 0 amide bonds. The molecule has 1 atom stereocenters. The van der Waals surface area contributed by atoms with Gasteiger partial charge in [-0.15, -0.1) is 0 Å². The molecule has 154 valence electrons. The molecular formula is C23H24FN5O. The van der Waals surface area contributed by atoms with Crippen molar-refractivity contribution < 1.29 is 9.13 Å². The van der Waals surface area contributed by atoms with Gasteiger partial charge in [-0.25, -0.2) is 9.37 Å². The van der Waals surface area contributed by atoms with Crippen LogP contribution in [0, 0.1) is 17.1 Å². The van der Waals surface area contributed by atoms with E-state index in [1.807, 2.05) is 19.1 Å². The van der Waals surface area contributed by atoms with Gasteiger partial charge in [-0.05, 0) is 56.2 Å². The first kappa shape index (κ1) is 19.9. The van der Waals surface area contributed by atoms with Gasteiger partial charge >= 0.3 is 0 Å². The second-order valence-electron chi connectivity index (χ2n) is 7.53. The average Bonchev–Trinajstić information content (AvgIpc) is 3.30. The van der Waals surface area contributed by atoms with Crippen LogP contribution in [0.3, 0.4) is 0 Å². The minimum absolute atomic E-state index is 0.0420. The minimum atomic E-state index is -0.285. The highest BCUT2D eigenvalue weighted by Crippen LogP contribution is 2.28. The number of ether oxygens (including phenoxy) is 1. The highest BCUT2D eigenvalue weighted by molar-refractivity contribution is 5.91. The van der Waals surface area contributed by atoms with Gasteiger partial charge in [0.1, 0.15) is 29.0 Å². The van der Waals surface area contributed by atoms with Gasteiger partial charge in [0.2, 0.25) is 0 Å². The Morgan fingerprint density at radius 1 is 1.20 bits per heavy atom. The monoisotopic (exact) mass is 405 g/mol. The molecule has 0 bridgehead atoms. The number of nitrogens with zero attached hydrogens (tertiary/aromatic N) is 4. The molecule has 4 rings (SSSR count). The van der Waals surface area contributed by atoms with E-state index in [0.29, 0.717) is 35.5 Å². The van der Waals surface area contributed by atoms with E-state index in [9.17, 15) is 9.65 Å². The summed E-state index contributed by atoms with van der Waals surface area (Å²) in [4.78, 5) is 11.5. The Balaban J connectivity index is 1.50. The first-order valence-corrected chi connectivity index (χ1v) is 10.2. The van der Waals surface area contributed by atoms with E-state index >= 15 is 0 Å². The zero-order valence-electron chi connectivity index (χ0n) is 16.9. The highest BCUT2D eigenvalue weighted by Gasteiger charge is 2.17. The molecule has 3 heterocycles. The molecule has 3 aromatic rings. The maximum Gasteiger partial charge on any atom is 0.129 e. The van der Waals surface area contributed by atoms with E-state index in [0.717, 1.165) is 24.4 Å². The molecule has 0 spiro atoms. The Morgan fingerprint density at radius 3 is 2.70 bits per heavy atom. The van der Waals surface area contributed by atoms with E-state index in [1.165, 1.54) is 25.0 Å². The summed E-state index contributed by atoms with van der Waals surface area (Å²) in [7, 11) is 0. The molecule has 0 aliphatic carbocycles. The third-order valence-corrected chi connectivity index (χ3v) is 5.27. The van der Waals surface area contributed by atoms with Gasteiger partial charge in [0, 0.05) is 31.7 Å². The van der Waals surface area contributed by atoms with Crippen LogP contribution in [0.15, 0.2) is 42.6 Å². The summed E-state index contributed by atoms with van der Waals surface area (Å²) < 4.78 is 18.7. The van der Waals surface area contributed by atoms with Crippen LogP contribution in [0.5, 0.6) is 5.75 Å². The largest absolute Gasteiger partial charge is 0.494 e. The number of nitrogens with one attached hydrogen (secondary N) is 1. The molecule has 1 aliphatic rings. The molecular weight excluding hydrogens is 381 g/mol. The van der Waals surface area contributed by atoms with E-state index < -0.39 is 0 Å². The Morgan fingerprint density at radius 2 is 1.97 bits per heavy atom. The summed E-state index contributed by atoms with van der Waals surface area (Å²) in [5.74, 6) is 1.27. The van der Waals surface area contributed by atoms with Crippen LogP contribution >= 0.6 is 0 Å². The van der Waals surface area contributed by atoms with Crippen LogP contribution < -0.4 is 15.0 Å². The van der Waals surface area contributed by atoms with Crippen molar-refractivity contribution in [1.29, 1.82) is 5.26 Å².